The highest BCUT2D eigenvalue weighted by molar-refractivity contribution is 5.45. The van der Waals surface area contributed by atoms with Gasteiger partial charge in [-0.05, 0) is 61.2 Å². The van der Waals surface area contributed by atoms with Gasteiger partial charge in [-0.15, -0.1) is 0 Å². The van der Waals surface area contributed by atoms with Crippen LogP contribution in [0.15, 0.2) is 12.1 Å². The first kappa shape index (κ1) is 18.3. The summed E-state index contributed by atoms with van der Waals surface area (Å²) in [6, 6.07) is 4.43. The van der Waals surface area contributed by atoms with Gasteiger partial charge in [0.05, 0.1) is 0 Å². The number of hydrogen-bond donors (Lipinski definition) is 1. The number of likely N-dealkylation sites (tertiary alicyclic amines) is 1. The maximum Gasteiger partial charge on any atom is 0.122 e. The maximum atomic E-state index is 10.5. The molecule has 2 heteroatoms. The Morgan fingerprint density at radius 2 is 1.61 bits per heavy atom. The van der Waals surface area contributed by atoms with Crippen molar-refractivity contribution in [2.45, 2.75) is 79.2 Å². The molecule has 1 heterocycles. The maximum absolute atomic E-state index is 10.5. The summed E-state index contributed by atoms with van der Waals surface area (Å²) >= 11 is 0. The average Bonchev–Trinajstić information content (AvgIpc) is 2.42. The van der Waals surface area contributed by atoms with Gasteiger partial charge < -0.3 is 5.11 Å². The van der Waals surface area contributed by atoms with E-state index in [0.717, 1.165) is 37.2 Å². The van der Waals surface area contributed by atoms with Crippen LogP contribution in [0.3, 0.4) is 0 Å². The number of rotatable bonds is 4. The van der Waals surface area contributed by atoms with Crippen molar-refractivity contribution in [2.24, 2.45) is 5.41 Å². The van der Waals surface area contributed by atoms with Gasteiger partial charge in [-0.25, -0.2) is 0 Å². The first-order valence-electron chi connectivity index (χ1n) is 9.14. The molecule has 1 saturated heterocycles. The van der Waals surface area contributed by atoms with Gasteiger partial charge in [0.25, 0.3) is 0 Å². The van der Waals surface area contributed by atoms with Crippen LogP contribution in [0.25, 0.3) is 0 Å². The van der Waals surface area contributed by atoms with E-state index in [0.29, 0.717) is 11.2 Å². The summed E-state index contributed by atoms with van der Waals surface area (Å²) in [7, 11) is 0. The van der Waals surface area contributed by atoms with Crippen molar-refractivity contribution in [3.05, 3.63) is 28.8 Å². The topological polar surface area (TPSA) is 23.5 Å². The van der Waals surface area contributed by atoms with Gasteiger partial charge in [0, 0.05) is 12.1 Å². The van der Waals surface area contributed by atoms with Crippen LogP contribution in [-0.2, 0) is 12.0 Å². The summed E-state index contributed by atoms with van der Waals surface area (Å²) in [5.41, 5.74) is 3.88. The number of hydrogen-bond acceptors (Lipinski definition) is 2. The fourth-order valence-electron chi connectivity index (χ4n) is 4.15. The summed E-state index contributed by atoms with van der Waals surface area (Å²) in [4.78, 5) is 2.48. The second-order valence-corrected chi connectivity index (χ2v) is 9.26. The Balaban J connectivity index is 2.27. The molecule has 0 spiro atoms. The van der Waals surface area contributed by atoms with E-state index in [-0.39, 0.29) is 5.41 Å². The van der Waals surface area contributed by atoms with Crippen molar-refractivity contribution in [3.63, 3.8) is 0 Å². The van der Waals surface area contributed by atoms with E-state index in [9.17, 15) is 5.11 Å². The molecule has 1 aromatic carbocycles. The number of aromatic hydroxyl groups is 1. The van der Waals surface area contributed by atoms with Crippen molar-refractivity contribution in [1.82, 2.24) is 4.90 Å². The second kappa shape index (κ2) is 6.84. The van der Waals surface area contributed by atoms with Crippen molar-refractivity contribution >= 4 is 0 Å². The van der Waals surface area contributed by atoms with Crippen molar-refractivity contribution < 1.29 is 5.11 Å². The zero-order valence-electron chi connectivity index (χ0n) is 16.0. The van der Waals surface area contributed by atoms with Gasteiger partial charge in [0.2, 0.25) is 0 Å². The van der Waals surface area contributed by atoms with Gasteiger partial charge in [0.1, 0.15) is 5.75 Å². The monoisotopic (exact) mass is 317 g/mol. The van der Waals surface area contributed by atoms with Gasteiger partial charge in [-0.2, -0.15) is 0 Å². The first-order chi connectivity index (χ1) is 10.6. The molecule has 0 aliphatic carbocycles. The summed E-state index contributed by atoms with van der Waals surface area (Å²) in [5.74, 6) is 0.492. The Morgan fingerprint density at radius 3 is 2.17 bits per heavy atom. The number of piperidine rings is 1. The van der Waals surface area contributed by atoms with Crippen LogP contribution in [0, 0.1) is 12.3 Å². The number of phenols is 1. The normalized spacial score (nSPS) is 17.5. The molecule has 1 aromatic rings. The third-order valence-corrected chi connectivity index (χ3v) is 4.98. The quantitative estimate of drug-likeness (QED) is 0.803. The standard InChI is InChI=1S/C21H35NO/c1-16-12-18(21(5,6)15-20(2,3)4)13-17(19(16)23)14-22-10-8-7-9-11-22/h12-13,23H,7-11,14-15H2,1-6H3. The molecular formula is C21H35NO. The molecule has 2 rings (SSSR count). The Kier molecular flexibility index (Phi) is 5.45. The van der Waals surface area contributed by atoms with E-state index in [2.05, 4.69) is 51.7 Å². The van der Waals surface area contributed by atoms with E-state index >= 15 is 0 Å². The van der Waals surface area contributed by atoms with Crippen molar-refractivity contribution in [1.29, 1.82) is 0 Å². The van der Waals surface area contributed by atoms with Crippen LogP contribution >= 0.6 is 0 Å². The van der Waals surface area contributed by atoms with Crippen molar-refractivity contribution in [3.8, 4) is 5.75 Å². The van der Waals surface area contributed by atoms with E-state index in [1.54, 1.807) is 0 Å². The molecule has 1 N–H and O–H groups in total. The van der Waals surface area contributed by atoms with Crippen LogP contribution in [0.2, 0.25) is 0 Å². The smallest absolute Gasteiger partial charge is 0.122 e. The molecule has 0 atom stereocenters. The first-order valence-corrected chi connectivity index (χ1v) is 9.14. The van der Waals surface area contributed by atoms with E-state index in [4.69, 9.17) is 0 Å². The molecule has 1 fully saturated rings. The molecule has 0 amide bonds. The molecule has 0 unspecified atom stereocenters. The highest BCUT2D eigenvalue weighted by Crippen LogP contribution is 2.39. The third-order valence-electron chi connectivity index (χ3n) is 4.98. The largest absolute Gasteiger partial charge is 0.507 e. The van der Waals surface area contributed by atoms with Gasteiger partial charge >= 0.3 is 0 Å². The minimum atomic E-state index is 0.118. The summed E-state index contributed by atoms with van der Waals surface area (Å²) < 4.78 is 0. The van der Waals surface area contributed by atoms with Crippen LogP contribution < -0.4 is 0 Å². The van der Waals surface area contributed by atoms with Gasteiger partial charge in [-0.3, -0.25) is 4.90 Å². The fourth-order valence-corrected chi connectivity index (χ4v) is 4.15. The molecule has 23 heavy (non-hydrogen) atoms. The molecule has 2 nitrogen and oxygen atoms in total. The Hall–Kier alpha value is -1.02. The highest BCUT2D eigenvalue weighted by atomic mass is 16.3. The highest BCUT2D eigenvalue weighted by Gasteiger charge is 2.28. The lowest BCUT2D eigenvalue weighted by molar-refractivity contribution is 0.218. The second-order valence-electron chi connectivity index (χ2n) is 9.26. The number of phenolic OH excluding ortho intramolecular Hbond substituents is 1. The van der Waals surface area contributed by atoms with Crippen molar-refractivity contribution in [2.75, 3.05) is 13.1 Å². The Bertz CT molecular complexity index is 534. The lowest BCUT2D eigenvalue weighted by Gasteiger charge is -2.34. The number of nitrogens with zero attached hydrogens (tertiary/aromatic N) is 1. The SMILES string of the molecule is Cc1cc(C(C)(C)CC(C)(C)C)cc(CN2CCCCC2)c1O. The summed E-state index contributed by atoms with van der Waals surface area (Å²) in [6.45, 7) is 16.8. The Labute approximate surface area is 142 Å². The van der Waals surface area contributed by atoms with Crippen LogP contribution in [-0.4, -0.2) is 23.1 Å². The number of aryl methyl sites for hydroxylation is 1. The minimum Gasteiger partial charge on any atom is -0.507 e. The van der Waals surface area contributed by atoms with Gasteiger partial charge in [-0.1, -0.05) is 53.2 Å². The van der Waals surface area contributed by atoms with Crippen LogP contribution in [0.5, 0.6) is 5.75 Å². The third kappa shape index (κ3) is 4.97. The molecule has 0 saturated carbocycles. The Morgan fingerprint density at radius 1 is 1.00 bits per heavy atom. The number of benzene rings is 1. The predicted molar refractivity (Wildman–Crippen MR) is 99.1 cm³/mol. The lowest BCUT2D eigenvalue weighted by atomic mass is 9.71. The molecule has 0 bridgehead atoms. The van der Waals surface area contributed by atoms with E-state index in [1.807, 2.05) is 6.92 Å². The zero-order valence-corrected chi connectivity index (χ0v) is 16.0. The molecule has 0 radical (unpaired) electrons. The summed E-state index contributed by atoms with van der Waals surface area (Å²) in [5, 5.41) is 10.5. The average molecular weight is 318 g/mol. The van der Waals surface area contributed by atoms with E-state index < -0.39 is 0 Å². The van der Waals surface area contributed by atoms with Gasteiger partial charge in [0.15, 0.2) is 0 Å². The van der Waals surface area contributed by atoms with E-state index in [1.165, 1.54) is 24.8 Å². The molecular weight excluding hydrogens is 282 g/mol. The fraction of sp³-hybridized carbons (Fsp3) is 0.714. The molecule has 130 valence electrons. The molecule has 1 aliphatic heterocycles. The van der Waals surface area contributed by atoms with Crippen LogP contribution in [0.4, 0.5) is 0 Å². The van der Waals surface area contributed by atoms with Crippen LogP contribution in [0.1, 0.15) is 77.0 Å². The molecule has 0 aromatic heterocycles. The zero-order chi connectivity index (χ0) is 17.3. The predicted octanol–water partition coefficient (Wildman–Crippen LogP) is 5.40. The molecule has 1 aliphatic rings. The lowest BCUT2D eigenvalue weighted by Crippen LogP contribution is -2.29. The minimum absolute atomic E-state index is 0.118. The summed E-state index contributed by atoms with van der Waals surface area (Å²) in [6.07, 6.45) is 5.05.